The van der Waals surface area contributed by atoms with Crippen molar-refractivity contribution in [2.45, 2.75) is 46.5 Å². The van der Waals surface area contributed by atoms with E-state index in [1.54, 1.807) is 0 Å². The Morgan fingerprint density at radius 3 is 2.29 bits per heavy atom. The summed E-state index contributed by atoms with van der Waals surface area (Å²) in [7, 11) is -1.29. The van der Waals surface area contributed by atoms with E-state index in [1.165, 1.54) is 0 Å². The number of hydrogen-bond donors (Lipinski definition) is 0. The molecule has 0 aromatic heterocycles. The van der Waals surface area contributed by atoms with Crippen molar-refractivity contribution >= 4 is 8.07 Å². The summed E-state index contributed by atoms with van der Waals surface area (Å²) in [5.41, 5.74) is 5.61. The largest absolute Gasteiger partial charge is 0.491 e. The number of aryl methyl sites for hydroxylation is 1. The quantitative estimate of drug-likeness (QED) is 0.566. The molecule has 0 aliphatic heterocycles. The Balaban J connectivity index is 2.92. The van der Waals surface area contributed by atoms with Crippen LogP contribution in [0.15, 0.2) is 18.2 Å². The zero-order valence-electron chi connectivity index (χ0n) is 11.7. The Labute approximate surface area is 106 Å². The minimum atomic E-state index is -1.29. The van der Waals surface area contributed by atoms with Crippen LogP contribution in [-0.2, 0) is 0 Å². The fraction of sp³-hybridized carbons (Fsp3) is 0.467. The van der Waals surface area contributed by atoms with Gasteiger partial charge in [-0.05, 0) is 44.5 Å². The molecule has 1 nitrogen and oxygen atoms in total. The summed E-state index contributed by atoms with van der Waals surface area (Å²) in [6.07, 6.45) is 0.215. The van der Waals surface area contributed by atoms with Crippen molar-refractivity contribution in [3.63, 3.8) is 0 Å². The molecule has 0 spiro atoms. The molecule has 0 atom stereocenters. The van der Waals surface area contributed by atoms with Crippen LogP contribution in [0.2, 0.25) is 19.6 Å². The van der Waals surface area contributed by atoms with Gasteiger partial charge in [0.25, 0.3) is 0 Å². The predicted molar refractivity (Wildman–Crippen MR) is 77.2 cm³/mol. The van der Waals surface area contributed by atoms with E-state index < -0.39 is 8.07 Å². The van der Waals surface area contributed by atoms with E-state index in [-0.39, 0.29) is 6.10 Å². The normalized spacial score (nSPS) is 11.0. The lowest BCUT2D eigenvalue weighted by atomic mass is 10.1. The zero-order valence-corrected chi connectivity index (χ0v) is 12.7. The minimum absolute atomic E-state index is 0.215. The van der Waals surface area contributed by atoms with Gasteiger partial charge in [-0.1, -0.05) is 25.6 Å². The van der Waals surface area contributed by atoms with Gasteiger partial charge in [-0.15, -0.1) is 5.54 Å². The molecule has 1 aromatic rings. The molecule has 17 heavy (non-hydrogen) atoms. The van der Waals surface area contributed by atoms with Crippen molar-refractivity contribution in [1.82, 2.24) is 0 Å². The van der Waals surface area contributed by atoms with Crippen LogP contribution in [0.3, 0.4) is 0 Å². The summed E-state index contributed by atoms with van der Waals surface area (Å²) in [5, 5.41) is 0. The van der Waals surface area contributed by atoms with Crippen LogP contribution in [-0.4, -0.2) is 14.2 Å². The SMILES string of the molecule is Cc1cc(C#C[Si](C)(C)C)ccc1OC(C)C. The summed E-state index contributed by atoms with van der Waals surface area (Å²) in [6.45, 7) is 12.9. The van der Waals surface area contributed by atoms with E-state index in [1.807, 2.05) is 26.0 Å². The Bertz CT molecular complexity index is 444. The maximum absolute atomic E-state index is 5.71. The maximum Gasteiger partial charge on any atom is 0.129 e. The van der Waals surface area contributed by atoms with Crippen LogP contribution in [0, 0.1) is 18.4 Å². The molecule has 0 aliphatic carbocycles. The first-order valence-corrected chi connectivity index (χ1v) is 9.58. The van der Waals surface area contributed by atoms with Crippen molar-refractivity contribution in [2.24, 2.45) is 0 Å². The lowest BCUT2D eigenvalue weighted by Crippen LogP contribution is -2.16. The van der Waals surface area contributed by atoms with Crippen LogP contribution in [0.1, 0.15) is 25.0 Å². The number of benzene rings is 1. The third kappa shape index (κ3) is 5.10. The van der Waals surface area contributed by atoms with Crippen LogP contribution >= 0.6 is 0 Å². The first-order chi connectivity index (χ1) is 7.78. The van der Waals surface area contributed by atoms with Crippen LogP contribution < -0.4 is 4.74 Å². The topological polar surface area (TPSA) is 9.23 Å². The number of hydrogen-bond acceptors (Lipinski definition) is 1. The van der Waals surface area contributed by atoms with Gasteiger partial charge >= 0.3 is 0 Å². The van der Waals surface area contributed by atoms with Crippen LogP contribution in [0.25, 0.3) is 0 Å². The van der Waals surface area contributed by atoms with Gasteiger partial charge < -0.3 is 4.74 Å². The highest BCUT2D eigenvalue weighted by Crippen LogP contribution is 2.20. The lowest BCUT2D eigenvalue weighted by molar-refractivity contribution is 0.241. The van der Waals surface area contributed by atoms with Gasteiger partial charge in [0.15, 0.2) is 0 Å². The van der Waals surface area contributed by atoms with E-state index >= 15 is 0 Å². The maximum atomic E-state index is 5.71. The zero-order chi connectivity index (χ0) is 13.1. The molecule has 0 aliphatic rings. The molecule has 0 fully saturated rings. The second-order valence-electron chi connectivity index (χ2n) is 5.65. The average molecular weight is 246 g/mol. The highest BCUT2D eigenvalue weighted by Gasteiger charge is 2.08. The molecule has 0 bridgehead atoms. The van der Waals surface area contributed by atoms with Crippen LogP contribution in [0.4, 0.5) is 0 Å². The summed E-state index contributed by atoms with van der Waals surface area (Å²) < 4.78 is 5.71. The monoisotopic (exact) mass is 246 g/mol. The van der Waals surface area contributed by atoms with Gasteiger partial charge in [-0.2, -0.15) is 0 Å². The Morgan fingerprint density at radius 1 is 1.18 bits per heavy atom. The molecule has 0 saturated heterocycles. The van der Waals surface area contributed by atoms with Gasteiger partial charge in [0.2, 0.25) is 0 Å². The van der Waals surface area contributed by atoms with E-state index in [4.69, 9.17) is 4.74 Å². The average Bonchev–Trinajstić information content (AvgIpc) is 2.17. The predicted octanol–water partition coefficient (Wildman–Crippen LogP) is 4.01. The van der Waals surface area contributed by atoms with Gasteiger partial charge in [0.05, 0.1) is 6.10 Å². The Hall–Kier alpha value is -1.20. The van der Waals surface area contributed by atoms with Gasteiger partial charge in [-0.25, -0.2) is 0 Å². The molecule has 0 saturated carbocycles. The summed E-state index contributed by atoms with van der Waals surface area (Å²) in [5.74, 6) is 4.22. The summed E-state index contributed by atoms with van der Waals surface area (Å²) in [4.78, 5) is 0. The third-order valence-corrected chi connectivity index (χ3v) is 2.99. The standard InChI is InChI=1S/C15H22OSi/c1-12(2)16-15-8-7-14(11-13(15)3)9-10-17(4,5)6/h7-8,11-12H,1-6H3. The van der Waals surface area contributed by atoms with Crippen molar-refractivity contribution in [2.75, 3.05) is 0 Å². The van der Waals surface area contributed by atoms with E-state index in [0.717, 1.165) is 16.9 Å². The molecule has 0 amide bonds. The highest BCUT2D eigenvalue weighted by atomic mass is 28.3. The van der Waals surface area contributed by atoms with Gasteiger partial charge in [-0.3, -0.25) is 0 Å². The molecule has 1 rings (SSSR count). The van der Waals surface area contributed by atoms with Crippen LogP contribution in [0.5, 0.6) is 5.75 Å². The van der Waals surface area contributed by atoms with Gasteiger partial charge in [0.1, 0.15) is 13.8 Å². The van der Waals surface area contributed by atoms with E-state index in [9.17, 15) is 0 Å². The molecular formula is C15H22OSi. The van der Waals surface area contributed by atoms with Gasteiger partial charge in [0, 0.05) is 5.56 Å². The molecule has 0 radical (unpaired) electrons. The van der Waals surface area contributed by atoms with Crippen molar-refractivity contribution in [3.8, 4) is 17.2 Å². The lowest BCUT2D eigenvalue weighted by Gasteiger charge is -2.12. The Morgan fingerprint density at radius 2 is 1.82 bits per heavy atom. The molecule has 1 aromatic carbocycles. The summed E-state index contributed by atoms with van der Waals surface area (Å²) in [6, 6.07) is 6.16. The van der Waals surface area contributed by atoms with E-state index in [0.29, 0.717) is 0 Å². The fourth-order valence-corrected chi connectivity index (χ4v) is 1.89. The fourth-order valence-electron chi connectivity index (χ4n) is 1.37. The number of rotatable bonds is 2. The minimum Gasteiger partial charge on any atom is -0.491 e. The molecule has 0 unspecified atom stereocenters. The first kappa shape index (κ1) is 13.9. The number of ether oxygens (including phenoxy) is 1. The third-order valence-electron chi connectivity index (χ3n) is 2.12. The van der Waals surface area contributed by atoms with E-state index in [2.05, 4.69) is 44.1 Å². The van der Waals surface area contributed by atoms with Crippen molar-refractivity contribution in [3.05, 3.63) is 29.3 Å². The summed E-state index contributed by atoms with van der Waals surface area (Å²) >= 11 is 0. The smallest absolute Gasteiger partial charge is 0.129 e. The molecule has 0 N–H and O–H groups in total. The Kier molecular flexibility index (Phi) is 4.42. The van der Waals surface area contributed by atoms with Crippen molar-refractivity contribution < 1.29 is 4.74 Å². The second kappa shape index (κ2) is 5.42. The molecule has 92 valence electrons. The molecule has 0 heterocycles. The highest BCUT2D eigenvalue weighted by molar-refractivity contribution is 6.83. The first-order valence-electron chi connectivity index (χ1n) is 6.08. The molecular weight excluding hydrogens is 224 g/mol. The molecule has 2 heteroatoms. The van der Waals surface area contributed by atoms with Crippen molar-refractivity contribution in [1.29, 1.82) is 0 Å². The second-order valence-corrected chi connectivity index (χ2v) is 10.4.